The van der Waals surface area contributed by atoms with Gasteiger partial charge in [-0.05, 0) is 12.8 Å². The van der Waals surface area contributed by atoms with Gasteiger partial charge in [0.2, 0.25) is 0 Å². The predicted molar refractivity (Wildman–Crippen MR) is 183 cm³/mol. The lowest BCUT2D eigenvalue weighted by atomic mass is 10.00. The molecule has 0 radical (unpaired) electrons. The molecule has 0 bridgehead atoms. The molecule has 1 heterocycles. The molecule has 6 atom stereocenters. The molecule has 1 saturated heterocycles. The molecule has 12 nitrogen and oxygen atoms in total. The highest BCUT2D eigenvalue weighted by atomic mass is 32.2. The highest BCUT2D eigenvalue weighted by Gasteiger charge is 2.46. The Balaban J connectivity index is 2.55. The summed E-state index contributed by atoms with van der Waals surface area (Å²) in [5.41, 5.74) is 0. The van der Waals surface area contributed by atoms with Crippen LogP contribution in [-0.4, -0.2) is 96.0 Å². The van der Waals surface area contributed by atoms with Crippen LogP contribution in [0.4, 0.5) is 0 Å². The molecule has 284 valence electrons. The summed E-state index contributed by atoms with van der Waals surface area (Å²) in [5, 5.41) is 30.7. The van der Waals surface area contributed by atoms with Gasteiger partial charge in [-0.25, -0.2) is 0 Å². The van der Waals surface area contributed by atoms with Crippen LogP contribution in [-0.2, 0) is 38.7 Å². The van der Waals surface area contributed by atoms with Crippen molar-refractivity contribution in [3.63, 3.8) is 0 Å². The fraction of sp³-hybridized carbons (Fsp3) is 0.943. The summed E-state index contributed by atoms with van der Waals surface area (Å²) in [5.74, 6) is -1.98. The lowest BCUT2D eigenvalue weighted by Gasteiger charge is -2.40. The van der Waals surface area contributed by atoms with Crippen molar-refractivity contribution in [3.05, 3.63) is 0 Å². The second kappa shape index (κ2) is 27.4. The number of hydrogen-bond donors (Lipinski definition) is 4. The van der Waals surface area contributed by atoms with Gasteiger partial charge in [0, 0.05) is 12.8 Å². The monoisotopic (exact) mass is 710 g/mol. The van der Waals surface area contributed by atoms with Gasteiger partial charge in [-0.3, -0.25) is 14.1 Å². The number of hydrogen-bond acceptors (Lipinski definition) is 11. The summed E-state index contributed by atoms with van der Waals surface area (Å²) in [6, 6.07) is 0. The third-order valence-corrected chi connectivity index (χ3v) is 9.44. The Morgan fingerprint density at radius 2 is 1.06 bits per heavy atom. The molecule has 0 aliphatic carbocycles. The Morgan fingerprint density at radius 1 is 0.625 bits per heavy atom. The van der Waals surface area contributed by atoms with Crippen molar-refractivity contribution >= 4 is 22.1 Å². The summed E-state index contributed by atoms with van der Waals surface area (Å²) < 4.78 is 53.7. The number of aliphatic hydroxyl groups excluding tert-OH is 3. The van der Waals surface area contributed by atoms with E-state index in [9.17, 15) is 37.9 Å². The van der Waals surface area contributed by atoms with Crippen LogP contribution < -0.4 is 0 Å². The van der Waals surface area contributed by atoms with Gasteiger partial charge >= 0.3 is 11.9 Å². The van der Waals surface area contributed by atoms with Crippen LogP contribution in [0.5, 0.6) is 0 Å². The number of carbonyl (C=O) groups excluding carboxylic acids is 2. The maximum Gasteiger partial charge on any atom is 0.306 e. The summed E-state index contributed by atoms with van der Waals surface area (Å²) in [4.78, 5) is 25.1. The molecular formula is C35H66O12S. The molecule has 0 aromatic heterocycles. The van der Waals surface area contributed by atoms with Gasteiger partial charge in [0.15, 0.2) is 12.4 Å². The Morgan fingerprint density at radius 3 is 1.52 bits per heavy atom. The minimum Gasteiger partial charge on any atom is -0.462 e. The van der Waals surface area contributed by atoms with Gasteiger partial charge < -0.3 is 34.3 Å². The van der Waals surface area contributed by atoms with E-state index >= 15 is 0 Å². The van der Waals surface area contributed by atoms with Crippen molar-refractivity contribution in [2.45, 2.75) is 192 Å². The summed E-state index contributed by atoms with van der Waals surface area (Å²) in [6.45, 7) is 3.70. The average Bonchev–Trinajstić information content (AvgIpc) is 3.04. The van der Waals surface area contributed by atoms with Gasteiger partial charge in [0.05, 0.1) is 6.61 Å². The van der Waals surface area contributed by atoms with Crippen LogP contribution in [0, 0.1) is 0 Å². The first-order valence-corrected chi connectivity index (χ1v) is 20.2. The molecule has 48 heavy (non-hydrogen) atoms. The van der Waals surface area contributed by atoms with E-state index in [1.165, 1.54) is 77.0 Å². The van der Waals surface area contributed by atoms with Crippen LogP contribution in [0.3, 0.4) is 0 Å². The topological polar surface area (TPSA) is 186 Å². The molecule has 0 spiro atoms. The zero-order chi connectivity index (χ0) is 35.6. The van der Waals surface area contributed by atoms with Crippen molar-refractivity contribution in [3.8, 4) is 0 Å². The number of rotatable bonds is 30. The van der Waals surface area contributed by atoms with Gasteiger partial charge in [-0.2, -0.15) is 8.42 Å². The Kier molecular flexibility index (Phi) is 25.5. The fourth-order valence-electron chi connectivity index (χ4n) is 5.73. The van der Waals surface area contributed by atoms with E-state index in [4.69, 9.17) is 18.9 Å². The summed E-state index contributed by atoms with van der Waals surface area (Å²) >= 11 is 0. The van der Waals surface area contributed by atoms with Crippen LogP contribution in [0.2, 0.25) is 0 Å². The second-order valence-corrected chi connectivity index (χ2v) is 14.8. The van der Waals surface area contributed by atoms with Crippen LogP contribution in [0.1, 0.15) is 155 Å². The van der Waals surface area contributed by atoms with E-state index < -0.39 is 71.2 Å². The van der Waals surface area contributed by atoms with Gasteiger partial charge in [-0.1, -0.05) is 129 Å². The van der Waals surface area contributed by atoms with Crippen LogP contribution in [0.25, 0.3) is 0 Å². The van der Waals surface area contributed by atoms with Crippen molar-refractivity contribution in [2.24, 2.45) is 0 Å². The largest absolute Gasteiger partial charge is 0.462 e. The van der Waals surface area contributed by atoms with E-state index in [1.807, 2.05) is 0 Å². The third kappa shape index (κ3) is 22.4. The van der Waals surface area contributed by atoms with Gasteiger partial charge in [0.1, 0.15) is 36.8 Å². The molecule has 1 rings (SSSR count). The molecule has 1 fully saturated rings. The summed E-state index contributed by atoms with van der Waals surface area (Å²) in [7, 11) is -4.59. The van der Waals surface area contributed by atoms with E-state index in [1.54, 1.807) is 0 Å². The van der Waals surface area contributed by atoms with E-state index in [2.05, 4.69) is 13.8 Å². The molecule has 1 aliphatic rings. The minimum absolute atomic E-state index is 0.170. The SMILES string of the molecule is CCCCCCCCCCCCC(=O)OC[C@H](CO[C@H]1O[C@H](CS(=O)(=O)O)[C@@H](O)C(O)C1O)OC(=O)CCCCCCCCCCCC. The normalized spacial score (nSPS) is 22.0. The smallest absolute Gasteiger partial charge is 0.306 e. The zero-order valence-electron chi connectivity index (χ0n) is 29.6. The highest BCUT2D eigenvalue weighted by molar-refractivity contribution is 7.85. The van der Waals surface area contributed by atoms with Gasteiger partial charge in [0.25, 0.3) is 10.1 Å². The third-order valence-electron chi connectivity index (χ3n) is 8.69. The molecule has 13 heteroatoms. The molecule has 2 unspecified atom stereocenters. The molecular weight excluding hydrogens is 644 g/mol. The number of aliphatic hydroxyl groups is 3. The standard InChI is InChI=1S/C35H66O12S/c1-3-5-7-9-11-13-15-17-19-21-23-30(36)44-25-28(46-31(37)24-22-20-18-16-14-12-10-8-6-4-2)26-45-35-34(40)33(39)32(38)29(47-35)27-48(41,42)43/h28-29,32-35,38-40H,3-27H2,1-2H3,(H,41,42,43)/t28-,29-,32-,33?,34?,35+/m1/s1. The number of carbonyl (C=O) groups is 2. The number of unbranched alkanes of at least 4 members (excludes halogenated alkanes) is 18. The first kappa shape index (κ1) is 44.7. The number of esters is 2. The Hall–Kier alpha value is -1.35. The highest BCUT2D eigenvalue weighted by Crippen LogP contribution is 2.24. The van der Waals surface area contributed by atoms with Gasteiger partial charge in [-0.15, -0.1) is 0 Å². The van der Waals surface area contributed by atoms with Crippen molar-refractivity contribution < 1.29 is 56.8 Å². The molecule has 4 N–H and O–H groups in total. The molecule has 0 aromatic rings. The van der Waals surface area contributed by atoms with Crippen molar-refractivity contribution in [2.75, 3.05) is 19.0 Å². The van der Waals surface area contributed by atoms with E-state index in [0.29, 0.717) is 12.8 Å². The van der Waals surface area contributed by atoms with Crippen LogP contribution in [0.15, 0.2) is 0 Å². The fourth-order valence-corrected chi connectivity index (χ4v) is 6.43. The van der Waals surface area contributed by atoms with Crippen molar-refractivity contribution in [1.82, 2.24) is 0 Å². The lowest BCUT2D eigenvalue weighted by molar-refractivity contribution is -0.297. The van der Waals surface area contributed by atoms with Crippen molar-refractivity contribution in [1.29, 1.82) is 0 Å². The Bertz CT molecular complexity index is 931. The second-order valence-electron chi connectivity index (χ2n) is 13.3. The quantitative estimate of drug-likeness (QED) is 0.0401. The maximum absolute atomic E-state index is 12.7. The van der Waals surface area contributed by atoms with E-state index in [0.717, 1.165) is 38.5 Å². The molecule has 0 saturated carbocycles. The first-order valence-electron chi connectivity index (χ1n) is 18.6. The molecule has 0 aromatic carbocycles. The average molecular weight is 711 g/mol. The van der Waals surface area contributed by atoms with E-state index in [-0.39, 0.29) is 19.4 Å². The zero-order valence-corrected chi connectivity index (χ0v) is 30.4. The maximum atomic E-state index is 12.7. The first-order chi connectivity index (χ1) is 23.0. The molecule has 1 aliphatic heterocycles. The lowest BCUT2D eigenvalue weighted by Crippen LogP contribution is -2.60. The summed E-state index contributed by atoms with van der Waals surface area (Å²) in [6.07, 6.45) is 13.2. The molecule has 0 amide bonds. The predicted octanol–water partition coefficient (Wildman–Crippen LogP) is 5.78. The van der Waals surface area contributed by atoms with Crippen LogP contribution >= 0.6 is 0 Å². The number of ether oxygens (including phenoxy) is 4. The minimum atomic E-state index is -4.59. The Labute approximate surface area is 289 Å².